The second kappa shape index (κ2) is 10.8. The van der Waals surface area contributed by atoms with Gasteiger partial charge in [-0.2, -0.15) is 0 Å². The third-order valence-electron chi connectivity index (χ3n) is 5.28. The Morgan fingerprint density at radius 1 is 1.00 bits per heavy atom. The fourth-order valence-corrected chi connectivity index (χ4v) is 5.21. The van der Waals surface area contributed by atoms with E-state index in [2.05, 4.69) is 5.32 Å². The number of carbonyl (C=O) groups is 1. The average molecular weight is 503 g/mol. The zero-order valence-corrected chi connectivity index (χ0v) is 21.0. The van der Waals surface area contributed by atoms with Gasteiger partial charge in [0.1, 0.15) is 22.9 Å². The summed E-state index contributed by atoms with van der Waals surface area (Å²) in [4.78, 5) is 13.0. The van der Waals surface area contributed by atoms with Crippen LogP contribution in [0.25, 0.3) is 0 Å². The molecule has 0 saturated carbocycles. The van der Waals surface area contributed by atoms with Gasteiger partial charge in [0.2, 0.25) is 5.91 Å². The van der Waals surface area contributed by atoms with Crippen molar-refractivity contribution in [2.24, 2.45) is 0 Å². The van der Waals surface area contributed by atoms with Crippen LogP contribution in [0.3, 0.4) is 0 Å². The number of aryl methyl sites for hydroxylation is 1. The van der Waals surface area contributed by atoms with E-state index in [1.54, 1.807) is 55.5 Å². The lowest BCUT2D eigenvalue weighted by Crippen LogP contribution is -2.41. The molecule has 0 aromatic heterocycles. The molecule has 0 radical (unpaired) electrons. The summed E-state index contributed by atoms with van der Waals surface area (Å²) in [7, 11) is -1.23. The van der Waals surface area contributed by atoms with Gasteiger partial charge in [-0.1, -0.05) is 29.8 Å². The Morgan fingerprint density at radius 3 is 2.24 bits per heavy atom. The third-order valence-corrected chi connectivity index (χ3v) is 7.33. The van der Waals surface area contributed by atoms with E-state index in [-0.39, 0.29) is 16.7 Å². The Bertz CT molecular complexity index is 1250. The van der Waals surface area contributed by atoms with E-state index in [0.717, 1.165) is 15.4 Å². The molecule has 1 atom stereocenters. The molecule has 0 unspecified atom stereocenters. The molecule has 0 aliphatic rings. The Labute approximate surface area is 205 Å². The zero-order chi connectivity index (χ0) is 24.9. The summed E-state index contributed by atoms with van der Waals surface area (Å²) in [5.74, 6) is 0.294. The minimum Gasteiger partial charge on any atom is -0.497 e. The molecular formula is C25H27ClN2O5S. The van der Waals surface area contributed by atoms with Crippen LogP contribution in [0.4, 0.5) is 5.69 Å². The third kappa shape index (κ3) is 5.81. The quantitative estimate of drug-likeness (QED) is 0.457. The van der Waals surface area contributed by atoms with E-state index in [4.69, 9.17) is 21.1 Å². The summed E-state index contributed by atoms with van der Waals surface area (Å²) in [6, 6.07) is 18.1. The molecule has 0 heterocycles. The van der Waals surface area contributed by atoms with Crippen molar-refractivity contribution < 1.29 is 22.7 Å². The second-order valence-electron chi connectivity index (χ2n) is 7.70. The second-order valence-corrected chi connectivity index (χ2v) is 9.97. The van der Waals surface area contributed by atoms with Gasteiger partial charge >= 0.3 is 0 Å². The molecule has 1 amide bonds. The molecule has 0 bridgehead atoms. The summed E-state index contributed by atoms with van der Waals surface area (Å²) in [6.07, 6.45) is 0. The van der Waals surface area contributed by atoms with Gasteiger partial charge in [-0.25, -0.2) is 8.42 Å². The van der Waals surface area contributed by atoms with Gasteiger partial charge in [0, 0.05) is 5.02 Å². The zero-order valence-electron chi connectivity index (χ0n) is 19.4. The van der Waals surface area contributed by atoms with Crippen LogP contribution in [0, 0.1) is 6.92 Å². The minimum atomic E-state index is -4.15. The standard InChI is InChI=1S/C25H27ClN2O5S/c1-17-5-14-23(33-4)24(15-17)34(30,31)28(21-10-12-22(32-3)13-11-21)16-25(29)27-18(2)19-6-8-20(26)9-7-19/h5-15,18H,16H2,1-4H3,(H,27,29)/t18-/m1/s1. The number of benzene rings is 3. The van der Waals surface area contributed by atoms with Crippen LogP contribution in [-0.4, -0.2) is 35.1 Å². The molecule has 3 aromatic carbocycles. The van der Waals surface area contributed by atoms with E-state index in [0.29, 0.717) is 16.5 Å². The van der Waals surface area contributed by atoms with Crippen molar-refractivity contribution >= 4 is 33.2 Å². The highest BCUT2D eigenvalue weighted by molar-refractivity contribution is 7.93. The number of nitrogens with one attached hydrogen (secondary N) is 1. The number of methoxy groups -OCH3 is 2. The van der Waals surface area contributed by atoms with Crippen molar-refractivity contribution in [3.8, 4) is 11.5 Å². The Morgan fingerprint density at radius 2 is 1.65 bits per heavy atom. The number of halogens is 1. The van der Waals surface area contributed by atoms with Crippen LogP contribution in [0.1, 0.15) is 24.1 Å². The van der Waals surface area contributed by atoms with Crippen LogP contribution in [0.5, 0.6) is 11.5 Å². The van der Waals surface area contributed by atoms with E-state index >= 15 is 0 Å². The smallest absolute Gasteiger partial charge is 0.268 e. The maximum Gasteiger partial charge on any atom is 0.268 e. The van der Waals surface area contributed by atoms with Gasteiger partial charge in [-0.3, -0.25) is 9.10 Å². The number of amides is 1. The largest absolute Gasteiger partial charge is 0.497 e. The van der Waals surface area contributed by atoms with Crippen LogP contribution in [0.15, 0.2) is 71.6 Å². The number of carbonyl (C=O) groups excluding carboxylic acids is 1. The Kier molecular flexibility index (Phi) is 8.06. The number of nitrogens with zero attached hydrogens (tertiary/aromatic N) is 1. The first kappa shape index (κ1) is 25.4. The van der Waals surface area contributed by atoms with Gasteiger partial charge in [0.05, 0.1) is 25.9 Å². The van der Waals surface area contributed by atoms with Crippen molar-refractivity contribution in [2.45, 2.75) is 24.8 Å². The molecule has 9 heteroatoms. The van der Waals surface area contributed by atoms with E-state index < -0.39 is 22.5 Å². The number of anilines is 1. The predicted molar refractivity (Wildman–Crippen MR) is 133 cm³/mol. The number of hydrogen-bond acceptors (Lipinski definition) is 5. The molecule has 180 valence electrons. The molecule has 0 aliphatic heterocycles. The first-order chi connectivity index (χ1) is 16.1. The Balaban J connectivity index is 1.96. The van der Waals surface area contributed by atoms with E-state index in [1.807, 2.05) is 19.1 Å². The number of ether oxygens (including phenoxy) is 2. The SMILES string of the molecule is COc1ccc(N(CC(=O)N[C@H](C)c2ccc(Cl)cc2)S(=O)(=O)c2cc(C)ccc2OC)cc1. The van der Waals surface area contributed by atoms with Gasteiger partial charge in [0.25, 0.3) is 10.0 Å². The van der Waals surface area contributed by atoms with Crippen molar-refractivity contribution in [3.63, 3.8) is 0 Å². The fourth-order valence-electron chi connectivity index (χ4n) is 3.42. The monoisotopic (exact) mass is 502 g/mol. The number of hydrogen-bond donors (Lipinski definition) is 1. The summed E-state index contributed by atoms with van der Waals surface area (Å²) in [5.41, 5.74) is 1.91. The first-order valence-electron chi connectivity index (χ1n) is 10.5. The molecule has 7 nitrogen and oxygen atoms in total. The molecule has 3 aromatic rings. The van der Waals surface area contributed by atoms with Gasteiger partial charge < -0.3 is 14.8 Å². The van der Waals surface area contributed by atoms with Crippen LogP contribution < -0.4 is 19.1 Å². The molecule has 0 spiro atoms. The summed E-state index contributed by atoms with van der Waals surface area (Å²) in [6.45, 7) is 3.18. The highest BCUT2D eigenvalue weighted by Gasteiger charge is 2.30. The lowest BCUT2D eigenvalue weighted by atomic mass is 10.1. The van der Waals surface area contributed by atoms with Gasteiger partial charge in [-0.15, -0.1) is 0 Å². The lowest BCUT2D eigenvalue weighted by Gasteiger charge is -2.26. The fraction of sp³-hybridized carbons (Fsp3) is 0.240. The topological polar surface area (TPSA) is 84.9 Å². The van der Waals surface area contributed by atoms with Crippen molar-refractivity contribution in [2.75, 3.05) is 25.1 Å². The predicted octanol–water partition coefficient (Wildman–Crippen LogP) is 4.74. The maximum atomic E-state index is 13.8. The molecule has 3 rings (SSSR count). The summed E-state index contributed by atoms with van der Waals surface area (Å²) < 4.78 is 39.1. The molecular weight excluding hydrogens is 476 g/mol. The van der Waals surface area contributed by atoms with Gasteiger partial charge in [-0.05, 0) is 73.5 Å². The van der Waals surface area contributed by atoms with E-state index in [1.165, 1.54) is 20.3 Å². The van der Waals surface area contributed by atoms with Crippen molar-refractivity contribution in [1.82, 2.24) is 5.32 Å². The molecule has 34 heavy (non-hydrogen) atoms. The molecule has 0 saturated heterocycles. The first-order valence-corrected chi connectivity index (χ1v) is 12.3. The summed E-state index contributed by atoms with van der Waals surface area (Å²) in [5, 5.41) is 3.45. The molecule has 1 N–H and O–H groups in total. The molecule has 0 aliphatic carbocycles. The van der Waals surface area contributed by atoms with Crippen LogP contribution >= 0.6 is 11.6 Å². The van der Waals surface area contributed by atoms with Gasteiger partial charge in [0.15, 0.2) is 0 Å². The number of sulfonamides is 1. The average Bonchev–Trinajstić information content (AvgIpc) is 2.83. The minimum absolute atomic E-state index is 0.0237. The normalized spacial score (nSPS) is 12.0. The summed E-state index contributed by atoms with van der Waals surface area (Å²) >= 11 is 5.94. The van der Waals surface area contributed by atoms with Crippen molar-refractivity contribution in [3.05, 3.63) is 82.9 Å². The Hall–Kier alpha value is -3.23. The maximum absolute atomic E-state index is 13.8. The highest BCUT2D eigenvalue weighted by atomic mass is 35.5. The lowest BCUT2D eigenvalue weighted by molar-refractivity contribution is -0.120. The van der Waals surface area contributed by atoms with E-state index in [9.17, 15) is 13.2 Å². The van der Waals surface area contributed by atoms with Crippen LogP contribution in [0.2, 0.25) is 5.02 Å². The van der Waals surface area contributed by atoms with Crippen LogP contribution in [-0.2, 0) is 14.8 Å². The molecule has 0 fully saturated rings. The highest BCUT2D eigenvalue weighted by Crippen LogP contribution is 2.31. The van der Waals surface area contributed by atoms with Crippen molar-refractivity contribution in [1.29, 1.82) is 0 Å². The number of rotatable bonds is 9.